The highest BCUT2D eigenvalue weighted by atomic mass is 35.5. The van der Waals surface area contributed by atoms with Gasteiger partial charge in [-0.25, -0.2) is 4.39 Å². The molecule has 0 heterocycles. The summed E-state index contributed by atoms with van der Waals surface area (Å²) in [5.41, 5.74) is 4.89. The minimum Gasteiger partial charge on any atom is -0.460 e. The van der Waals surface area contributed by atoms with E-state index in [4.69, 9.17) is 16.3 Å². The highest BCUT2D eigenvalue weighted by Gasteiger charge is 2.68. The maximum Gasteiger partial charge on any atom is 0.315 e. The number of fused-ring (bicyclic) bond motifs is 5. The predicted octanol–water partition coefficient (Wildman–Crippen LogP) is 12.4. The van der Waals surface area contributed by atoms with Gasteiger partial charge in [0.1, 0.15) is 13.3 Å². The lowest BCUT2D eigenvalue weighted by Crippen LogP contribution is -2.66. The molecule has 1 aromatic rings. The fraction of sp³-hybridized carbons (Fsp3) is 0.723. The number of hydrogen-bond donors (Lipinski definition) is 1. The van der Waals surface area contributed by atoms with Crippen LogP contribution in [-0.2, 0) is 16.1 Å². The molecule has 0 aromatic heterocycles. The first kappa shape index (κ1) is 39.8. The second-order valence-corrected chi connectivity index (χ2v) is 20.2. The van der Waals surface area contributed by atoms with Crippen molar-refractivity contribution in [2.45, 2.75) is 144 Å². The first-order valence-corrected chi connectivity index (χ1v) is 21.3. The molecule has 0 spiro atoms. The first-order valence-electron chi connectivity index (χ1n) is 20.7. The molecule has 0 radical (unpaired) electrons. The van der Waals surface area contributed by atoms with E-state index in [0.29, 0.717) is 59.6 Å². The van der Waals surface area contributed by atoms with Gasteiger partial charge in [-0.1, -0.05) is 103 Å². The second-order valence-electron chi connectivity index (χ2n) is 19.8. The SMILES string of the molecule is C=C(C)[C@@H]1CC[C@]2(NCCCl)CC[C@]3(C)[C@H](CC[C@@H]4[C@@](C)(C/C=C(/C5=CC[C@](CF)(C(=O)OCc6ccccc6)CC5)C(C)(C)C)CCC[C@]43C)[C@@H]12. The molecule has 0 aliphatic heterocycles. The Balaban J connectivity index is 1.23. The van der Waals surface area contributed by atoms with Crippen LogP contribution in [0.2, 0.25) is 0 Å². The summed E-state index contributed by atoms with van der Waals surface area (Å²) in [4.78, 5) is 13.3. The van der Waals surface area contributed by atoms with Crippen molar-refractivity contribution in [3.05, 3.63) is 71.3 Å². The number of halogens is 2. The van der Waals surface area contributed by atoms with Crippen molar-refractivity contribution in [3.8, 4) is 0 Å². The molecule has 5 aliphatic carbocycles. The van der Waals surface area contributed by atoms with Crippen LogP contribution in [0.15, 0.2) is 65.8 Å². The number of esters is 1. The minimum atomic E-state index is -1.09. The van der Waals surface area contributed by atoms with Crippen molar-refractivity contribution >= 4 is 17.6 Å². The van der Waals surface area contributed by atoms with Gasteiger partial charge in [0.2, 0.25) is 0 Å². The Morgan fingerprint density at radius 2 is 1.77 bits per heavy atom. The molecule has 0 unspecified atom stereocenters. The van der Waals surface area contributed by atoms with Gasteiger partial charge in [-0.15, -0.1) is 11.6 Å². The van der Waals surface area contributed by atoms with Gasteiger partial charge in [-0.05, 0) is 146 Å². The zero-order valence-electron chi connectivity index (χ0n) is 33.7. The molecule has 0 saturated heterocycles. The third kappa shape index (κ3) is 6.93. The van der Waals surface area contributed by atoms with Gasteiger partial charge in [0.25, 0.3) is 0 Å². The van der Waals surface area contributed by atoms with E-state index in [1.807, 2.05) is 30.3 Å². The van der Waals surface area contributed by atoms with Crippen LogP contribution in [0.3, 0.4) is 0 Å². The van der Waals surface area contributed by atoms with Gasteiger partial charge in [-0.3, -0.25) is 4.79 Å². The molecule has 0 bridgehead atoms. The molecule has 0 amide bonds. The molecule has 5 aliphatic rings. The molecule has 4 saturated carbocycles. The van der Waals surface area contributed by atoms with E-state index in [1.165, 1.54) is 74.5 Å². The third-order valence-electron chi connectivity index (χ3n) is 16.1. The number of rotatable bonds is 11. The highest BCUT2D eigenvalue weighted by molar-refractivity contribution is 6.18. The van der Waals surface area contributed by atoms with Crippen LogP contribution in [0, 0.1) is 50.7 Å². The smallest absolute Gasteiger partial charge is 0.315 e. The summed E-state index contributed by atoms with van der Waals surface area (Å²) < 4.78 is 20.4. The van der Waals surface area contributed by atoms with E-state index >= 15 is 0 Å². The molecule has 1 aromatic carbocycles. The Morgan fingerprint density at radius 1 is 1.02 bits per heavy atom. The number of carbonyl (C=O) groups is 1. The fourth-order valence-electron chi connectivity index (χ4n) is 13.1. The van der Waals surface area contributed by atoms with E-state index in [1.54, 1.807) is 0 Å². The summed E-state index contributed by atoms with van der Waals surface area (Å²) in [6, 6.07) is 9.68. The van der Waals surface area contributed by atoms with E-state index in [-0.39, 0.29) is 23.0 Å². The number of alkyl halides is 2. The van der Waals surface area contributed by atoms with E-state index in [9.17, 15) is 9.18 Å². The van der Waals surface area contributed by atoms with Gasteiger partial charge < -0.3 is 10.1 Å². The molecular formula is C47H69ClFNO2. The summed E-state index contributed by atoms with van der Waals surface area (Å²) in [5, 5.41) is 4.06. The van der Waals surface area contributed by atoms with Crippen molar-refractivity contribution < 1.29 is 13.9 Å². The van der Waals surface area contributed by atoms with Gasteiger partial charge in [0.05, 0.1) is 5.41 Å². The van der Waals surface area contributed by atoms with Crippen LogP contribution in [0.5, 0.6) is 0 Å². The summed E-state index contributed by atoms with van der Waals surface area (Å²) in [7, 11) is 0. The maximum absolute atomic E-state index is 14.7. The Labute approximate surface area is 321 Å². The summed E-state index contributed by atoms with van der Waals surface area (Å²) in [5.74, 6) is 2.90. The first-order chi connectivity index (χ1) is 24.6. The Hall–Kier alpha value is -1.91. The molecule has 5 heteroatoms. The van der Waals surface area contributed by atoms with Crippen molar-refractivity contribution in [1.29, 1.82) is 0 Å². The summed E-state index contributed by atoms with van der Waals surface area (Å²) in [6.07, 6.45) is 19.0. The van der Waals surface area contributed by atoms with Crippen LogP contribution >= 0.6 is 11.6 Å². The summed E-state index contributed by atoms with van der Waals surface area (Å²) >= 11 is 6.29. The van der Waals surface area contributed by atoms with Crippen molar-refractivity contribution in [2.75, 3.05) is 19.1 Å². The molecule has 52 heavy (non-hydrogen) atoms. The average molecular weight is 735 g/mol. The normalized spacial score (nSPS) is 39.2. The lowest BCUT2D eigenvalue weighted by atomic mass is 9.36. The van der Waals surface area contributed by atoms with E-state index in [0.717, 1.165) is 18.5 Å². The van der Waals surface area contributed by atoms with Crippen LogP contribution in [0.4, 0.5) is 4.39 Å². The van der Waals surface area contributed by atoms with Crippen molar-refractivity contribution in [2.24, 2.45) is 50.7 Å². The number of allylic oxidation sites excluding steroid dienone is 5. The number of hydrogen-bond acceptors (Lipinski definition) is 3. The molecule has 6 rings (SSSR count). The third-order valence-corrected chi connectivity index (χ3v) is 16.3. The standard InChI is InChI=1S/C47H69ClFNO2/c1-33(2)36-19-26-47(50-30-29-48)28-27-44(7)38(40(36)47)15-16-39-43(6,21-12-22-45(39,44)8)23-20-37(42(3,4)5)35-17-24-46(32-49,25-18-35)41(51)52-31-34-13-10-9-11-14-34/h9-11,13-14,17,20,36,38-40,50H,1,12,15-16,18-19,21-32H2,2-8H3/b37-20-/t36-,38+,39+,40+,43+,44+,45+,46-,47-/m0/s1. The lowest BCUT2D eigenvalue weighted by Gasteiger charge is -2.70. The second kappa shape index (κ2) is 15.0. The van der Waals surface area contributed by atoms with Crippen molar-refractivity contribution in [1.82, 2.24) is 5.32 Å². The number of nitrogens with one attached hydrogen (secondary N) is 1. The van der Waals surface area contributed by atoms with Crippen molar-refractivity contribution in [3.63, 3.8) is 0 Å². The van der Waals surface area contributed by atoms with E-state index < -0.39 is 18.1 Å². The Morgan fingerprint density at radius 3 is 2.40 bits per heavy atom. The van der Waals surface area contributed by atoms with Gasteiger partial charge in [0.15, 0.2) is 0 Å². The molecular weight excluding hydrogens is 665 g/mol. The van der Waals surface area contributed by atoms with Crippen LogP contribution < -0.4 is 5.32 Å². The Bertz CT molecular complexity index is 1530. The number of benzene rings is 1. The predicted molar refractivity (Wildman–Crippen MR) is 215 cm³/mol. The minimum absolute atomic E-state index is 0.0455. The quantitative estimate of drug-likeness (QED) is 0.140. The lowest BCUT2D eigenvalue weighted by molar-refractivity contribution is -0.196. The topological polar surface area (TPSA) is 38.3 Å². The molecule has 1 N–H and O–H groups in total. The highest BCUT2D eigenvalue weighted by Crippen LogP contribution is 2.73. The van der Waals surface area contributed by atoms with Crippen LogP contribution in [-0.4, -0.2) is 30.6 Å². The van der Waals surface area contributed by atoms with Gasteiger partial charge >= 0.3 is 5.97 Å². The molecule has 3 nitrogen and oxygen atoms in total. The zero-order chi connectivity index (χ0) is 37.6. The average Bonchev–Trinajstić information content (AvgIpc) is 3.50. The van der Waals surface area contributed by atoms with Gasteiger partial charge in [0, 0.05) is 18.0 Å². The largest absolute Gasteiger partial charge is 0.460 e. The van der Waals surface area contributed by atoms with E-state index in [2.05, 4.69) is 72.5 Å². The Kier molecular flexibility index (Phi) is 11.4. The summed E-state index contributed by atoms with van der Waals surface area (Å²) in [6.45, 7) is 22.2. The van der Waals surface area contributed by atoms with Crippen LogP contribution in [0.25, 0.3) is 0 Å². The fourth-order valence-corrected chi connectivity index (χ4v) is 13.2. The zero-order valence-corrected chi connectivity index (χ0v) is 34.4. The number of ether oxygens (including phenoxy) is 1. The molecule has 9 atom stereocenters. The number of carbonyl (C=O) groups excluding carboxylic acids is 1. The molecule has 4 fully saturated rings. The van der Waals surface area contributed by atoms with Crippen LogP contribution in [0.1, 0.15) is 138 Å². The molecule has 288 valence electrons. The maximum atomic E-state index is 14.7. The van der Waals surface area contributed by atoms with Gasteiger partial charge in [-0.2, -0.15) is 0 Å². The monoisotopic (exact) mass is 734 g/mol.